The summed E-state index contributed by atoms with van der Waals surface area (Å²) in [4.78, 5) is 20.6. The zero-order valence-electron chi connectivity index (χ0n) is 31.9. The SMILES string of the molecule is c1ccc(-c2nc(-c3ccc(-c4ccc(-c5nc(-c6ccccc6)nc6c7ccccc7c(-c7ccccc7)n56)cc4)cc3)cc(-c3ccc4ccccc4c3)n2)cc1. The lowest BCUT2D eigenvalue weighted by Crippen LogP contribution is -2.03. The van der Waals surface area contributed by atoms with Gasteiger partial charge in [0.25, 0.3) is 0 Å². The molecule has 0 radical (unpaired) electrons. The fourth-order valence-electron chi connectivity index (χ4n) is 8.07. The predicted octanol–water partition coefficient (Wildman–Crippen LogP) is 13.5. The molecule has 0 aliphatic carbocycles. The number of rotatable bonds is 7. The Morgan fingerprint density at radius 1 is 0.288 bits per heavy atom. The molecule has 0 spiro atoms. The summed E-state index contributed by atoms with van der Waals surface area (Å²) in [6.45, 7) is 0. The van der Waals surface area contributed by atoms with Crippen LogP contribution in [0.2, 0.25) is 0 Å². The zero-order chi connectivity index (χ0) is 39.1. The van der Waals surface area contributed by atoms with Crippen LogP contribution in [0.5, 0.6) is 0 Å². The van der Waals surface area contributed by atoms with Gasteiger partial charge in [0.2, 0.25) is 0 Å². The van der Waals surface area contributed by atoms with Gasteiger partial charge in [-0.1, -0.05) is 200 Å². The first-order valence-corrected chi connectivity index (χ1v) is 19.8. The summed E-state index contributed by atoms with van der Waals surface area (Å²) in [5, 5.41) is 4.61. The summed E-state index contributed by atoms with van der Waals surface area (Å²) < 4.78 is 2.23. The van der Waals surface area contributed by atoms with Gasteiger partial charge >= 0.3 is 0 Å². The summed E-state index contributed by atoms with van der Waals surface area (Å²) in [7, 11) is 0. The topological polar surface area (TPSA) is 56.0 Å². The Balaban J connectivity index is 0.989. The Kier molecular flexibility index (Phi) is 8.41. The van der Waals surface area contributed by atoms with Crippen LogP contribution in [-0.4, -0.2) is 24.3 Å². The average molecular weight is 754 g/mol. The van der Waals surface area contributed by atoms with Crippen LogP contribution >= 0.6 is 0 Å². The van der Waals surface area contributed by atoms with Crippen LogP contribution in [-0.2, 0) is 0 Å². The molecule has 8 aromatic carbocycles. The molecule has 0 unspecified atom stereocenters. The van der Waals surface area contributed by atoms with E-state index in [4.69, 9.17) is 19.9 Å². The molecule has 0 atom stereocenters. The van der Waals surface area contributed by atoms with Crippen molar-refractivity contribution in [2.75, 3.05) is 0 Å². The number of aromatic nitrogens is 5. The van der Waals surface area contributed by atoms with Crippen molar-refractivity contribution in [2.45, 2.75) is 0 Å². The van der Waals surface area contributed by atoms with E-state index in [0.717, 1.165) is 83.8 Å². The van der Waals surface area contributed by atoms with E-state index in [1.54, 1.807) is 0 Å². The molecular formula is C54H35N5. The first-order valence-electron chi connectivity index (χ1n) is 19.8. The van der Waals surface area contributed by atoms with Crippen LogP contribution in [0.4, 0.5) is 0 Å². The fraction of sp³-hybridized carbons (Fsp3) is 0. The number of fused-ring (bicyclic) bond motifs is 4. The molecule has 3 heterocycles. The van der Waals surface area contributed by atoms with E-state index in [1.165, 1.54) is 10.8 Å². The molecule has 3 aromatic heterocycles. The molecule has 0 N–H and O–H groups in total. The summed E-state index contributed by atoms with van der Waals surface area (Å²) in [6, 6.07) is 73.9. The van der Waals surface area contributed by atoms with Gasteiger partial charge in [0.15, 0.2) is 11.6 Å². The van der Waals surface area contributed by atoms with Crippen LogP contribution in [0.15, 0.2) is 212 Å². The van der Waals surface area contributed by atoms with Crippen molar-refractivity contribution in [3.8, 4) is 79.1 Å². The lowest BCUT2D eigenvalue weighted by molar-refractivity contribution is 1.05. The van der Waals surface area contributed by atoms with Crippen molar-refractivity contribution >= 4 is 27.2 Å². The van der Waals surface area contributed by atoms with Gasteiger partial charge in [-0.15, -0.1) is 0 Å². The summed E-state index contributed by atoms with van der Waals surface area (Å²) >= 11 is 0. The Labute approximate surface area is 341 Å². The molecule has 0 saturated carbocycles. The molecule has 5 heteroatoms. The average Bonchev–Trinajstić information content (AvgIpc) is 3.66. The van der Waals surface area contributed by atoms with Gasteiger partial charge in [0.05, 0.1) is 17.1 Å². The summed E-state index contributed by atoms with van der Waals surface area (Å²) in [5.41, 5.74) is 12.1. The maximum Gasteiger partial charge on any atom is 0.163 e. The molecule has 0 fully saturated rings. The van der Waals surface area contributed by atoms with Crippen LogP contribution in [0.25, 0.3) is 106 Å². The van der Waals surface area contributed by atoms with Gasteiger partial charge in [-0.2, -0.15) is 0 Å². The molecule has 0 saturated heterocycles. The third kappa shape index (κ3) is 6.32. The molecule has 11 aromatic rings. The second-order valence-electron chi connectivity index (χ2n) is 14.7. The molecule has 0 bridgehead atoms. The third-order valence-corrected chi connectivity index (χ3v) is 11.0. The Hall–Kier alpha value is -8.02. The van der Waals surface area contributed by atoms with Crippen LogP contribution < -0.4 is 0 Å². The van der Waals surface area contributed by atoms with Crippen molar-refractivity contribution in [2.24, 2.45) is 0 Å². The standard InChI is InChI=1S/C54H35N5/c1-4-15-40(16-5-1)50-46-22-12-13-23-47(46)54-58-52(42-19-8-3-9-20-42)57-53(59(50)54)43-31-26-38(27-32-43)37-24-29-39(30-25-37)48-35-49(56-51(55-48)41-17-6-2-7-18-41)45-33-28-36-14-10-11-21-44(36)34-45/h1-35H. The lowest BCUT2D eigenvalue weighted by Gasteiger charge is -2.13. The first kappa shape index (κ1) is 34.2. The number of benzene rings is 8. The smallest absolute Gasteiger partial charge is 0.163 e. The van der Waals surface area contributed by atoms with E-state index in [-0.39, 0.29) is 0 Å². The maximum atomic E-state index is 5.28. The van der Waals surface area contributed by atoms with Crippen LogP contribution in [0.1, 0.15) is 0 Å². The van der Waals surface area contributed by atoms with Crippen molar-refractivity contribution < 1.29 is 0 Å². The zero-order valence-corrected chi connectivity index (χ0v) is 31.9. The highest BCUT2D eigenvalue weighted by Crippen LogP contribution is 2.38. The highest BCUT2D eigenvalue weighted by atomic mass is 15.1. The molecule has 0 aliphatic heterocycles. The monoisotopic (exact) mass is 753 g/mol. The lowest BCUT2D eigenvalue weighted by atomic mass is 10.00. The minimum atomic E-state index is 0.694. The van der Waals surface area contributed by atoms with E-state index in [0.29, 0.717) is 11.6 Å². The highest BCUT2D eigenvalue weighted by Gasteiger charge is 2.21. The molecule has 276 valence electrons. The van der Waals surface area contributed by atoms with Crippen LogP contribution in [0, 0.1) is 0 Å². The molecule has 11 rings (SSSR count). The number of nitrogens with zero attached hydrogens (tertiary/aromatic N) is 5. The molecule has 5 nitrogen and oxygen atoms in total. The molecule has 0 amide bonds. The summed E-state index contributed by atoms with van der Waals surface area (Å²) in [5.74, 6) is 2.23. The largest absolute Gasteiger partial charge is 0.277 e. The van der Waals surface area contributed by atoms with Crippen molar-refractivity contribution in [3.05, 3.63) is 212 Å². The number of hydrogen-bond donors (Lipinski definition) is 0. The second-order valence-corrected chi connectivity index (χ2v) is 14.7. The van der Waals surface area contributed by atoms with Crippen molar-refractivity contribution in [3.63, 3.8) is 0 Å². The van der Waals surface area contributed by atoms with E-state index in [9.17, 15) is 0 Å². The Morgan fingerprint density at radius 2 is 0.763 bits per heavy atom. The van der Waals surface area contributed by atoms with Crippen molar-refractivity contribution in [1.29, 1.82) is 0 Å². The quantitative estimate of drug-likeness (QED) is 0.163. The minimum absolute atomic E-state index is 0.694. The fourth-order valence-corrected chi connectivity index (χ4v) is 8.07. The van der Waals surface area contributed by atoms with E-state index in [1.807, 2.05) is 36.4 Å². The second kappa shape index (κ2) is 14.5. The van der Waals surface area contributed by atoms with E-state index in [2.05, 4.69) is 180 Å². The molecular weight excluding hydrogens is 719 g/mol. The van der Waals surface area contributed by atoms with Gasteiger partial charge in [0, 0.05) is 38.6 Å². The minimum Gasteiger partial charge on any atom is -0.277 e. The highest BCUT2D eigenvalue weighted by molar-refractivity contribution is 6.06. The van der Waals surface area contributed by atoms with Gasteiger partial charge in [-0.25, -0.2) is 19.9 Å². The number of hydrogen-bond acceptors (Lipinski definition) is 4. The van der Waals surface area contributed by atoms with Gasteiger partial charge in [0.1, 0.15) is 11.5 Å². The van der Waals surface area contributed by atoms with Crippen LogP contribution in [0.3, 0.4) is 0 Å². The normalized spacial score (nSPS) is 11.4. The molecule has 59 heavy (non-hydrogen) atoms. The predicted molar refractivity (Wildman–Crippen MR) is 242 cm³/mol. The third-order valence-electron chi connectivity index (χ3n) is 11.0. The van der Waals surface area contributed by atoms with Crippen molar-refractivity contribution in [1.82, 2.24) is 24.3 Å². The Bertz CT molecular complexity index is 3290. The van der Waals surface area contributed by atoms with Gasteiger partial charge in [-0.05, 0) is 39.6 Å². The first-order chi connectivity index (χ1) is 29.2. The molecule has 0 aliphatic rings. The van der Waals surface area contributed by atoms with Gasteiger partial charge in [-0.3, -0.25) is 4.40 Å². The van der Waals surface area contributed by atoms with E-state index >= 15 is 0 Å². The van der Waals surface area contributed by atoms with E-state index < -0.39 is 0 Å². The van der Waals surface area contributed by atoms with Gasteiger partial charge < -0.3 is 0 Å². The maximum absolute atomic E-state index is 5.28. The Morgan fingerprint density at radius 3 is 1.41 bits per heavy atom. The summed E-state index contributed by atoms with van der Waals surface area (Å²) in [6.07, 6.45) is 0.